The average molecular weight is 336 g/mol. The van der Waals surface area contributed by atoms with Crippen LogP contribution in [0.1, 0.15) is 11.1 Å². The van der Waals surface area contributed by atoms with Gasteiger partial charge in [0.25, 0.3) is 0 Å². The average Bonchev–Trinajstić information content (AvgIpc) is 2.67. The van der Waals surface area contributed by atoms with E-state index in [-0.39, 0.29) is 0 Å². The third kappa shape index (κ3) is 5.53. The van der Waals surface area contributed by atoms with Crippen LogP contribution in [0, 0.1) is 11.8 Å². The number of hydrogen-bond acceptors (Lipinski definition) is 4. The Hall–Kier alpha value is -2.48. The second-order valence-electron chi connectivity index (χ2n) is 6.04. The Morgan fingerprint density at radius 1 is 1.00 bits per heavy atom. The molecule has 2 N–H and O–H groups in total. The number of rotatable bonds is 5. The summed E-state index contributed by atoms with van der Waals surface area (Å²) in [4.78, 5) is 2.34. The number of nitrogens with zero attached hydrogens (tertiary/aromatic N) is 1. The van der Waals surface area contributed by atoms with Crippen molar-refractivity contribution in [2.45, 2.75) is 6.42 Å². The summed E-state index contributed by atoms with van der Waals surface area (Å²) in [6.07, 6.45) is 0.927. The lowest BCUT2D eigenvalue weighted by molar-refractivity contribution is 0.122. The van der Waals surface area contributed by atoms with Crippen LogP contribution >= 0.6 is 0 Å². The highest BCUT2D eigenvalue weighted by Crippen LogP contribution is 2.16. The minimum Gasteiger partial charge on any atom is -0.508 e. The van der Waals surface area contributed by atoms with Gasteiger partial charge in [-0.3, -0.25) is 0 Å². The van der Waals surface area contributed by atoms with Crippen LogP contribution in [-0.4, -0.2) is 44.5 Å². The van der Waals surface area contributed by atoms with Crippen molar-refractivity contribution in [3.05, 3.63) is 59.7 Å². The molecule has 0 unspecified atom stereocenters. The summed E-state index contributed by atoms with van der Waals surface area (Å²) in [5.74, 6) is 6.66. The van der Waals surface area contributed by atoms with Crippen LogP contribution < -0.4 is 10.2 Å². The zero-order chi connectivity index (χ0) is 17.3. The Morgan fingerprint density at radius 3 is 2.44 bits per heavy atom. The summed E-state index contributed by atoms with van der Waals surface area (Å²) < 4.78 is 5.38. The van der Waals surface area contributed by atoms with Crippen molar-refractivity contribution >= 4 is 5.69 Å². The van der Waals surface area contributed by atoms with Crippen LogP contribution in [0.3, 0.4) is 0 Å². The van der Waals surface area contributed by atoms with E-state index in [2.05, 4.69) is 46.3 Å². The van der Waals surface area contributed by atoms with Crippen LogP contribution in [0.25, 0.3) is 0 Å². The van der Waals surface area contributed by atoms with Gasteiger partial charge >= 0.3 is 0 Å². The van der Waals surface area contributed by atoms with Gasteiger partial charge in [-0.1, -0.05) is 24.0 Å². The van der Waals surface area contributed by atoms with Gasteiger partial charge in [-0.25, -0.2) is 0 Å². The van der Waals surface area contributed by atoms with Gasteiger partial charge < -0.3 is 20.1 Å². The summed E-state index contributed by atoms with van der Waals surface area (Å²) in [7, 11) is 0. The van der Waals surface area contributed by atoms with E-state index in [1.165, 1.54) is 11.3 Å². The minimum atomic E-state index is 0.308. The van der Waals surface area contributed by atoms with Crippen LogP contribution in [0.2, 0.25) is 0 Å². The predicted molar refractivity (Wildman–Crippen MR) is 101 cm³/mol. The lowest BCUT2D eigenvalue weighted by Crippen LogP contribution is -2.36. The van der Waals surface area contributed by atoms with Crippen LogP contribution in [-0.2, 0) is 11.2 Å². The second kappa shape index (κ2) is 9.12. The van der Waals surface area contributed by atoms with Crippen LogP contribution in [0.4, 0.5) is 5.69 Å². The Kier molecular flexibility index (Phi) is 6.33. The number of phenolic OH excluding ortho intramolecular Hbond substituents is 1. The molecular weight excluding hydrogens is 312 g/mol. The lowest BCUT2D eigenvalue weighted by atomic mass is 10.1. The summed E-state index contributed by atoms with van der Waals surface area (Å²) in [5, 5.41) is 12.6. The largest absolute Gasteiger partial charge is 0.508 e. The molecule has 1 saturated heterocycles. The van der Waals surface area contributed by atoms with Crippen LogP contribution in [0.5, 0.6) is 5.75 Å². The maximum atomic E-state index is 9.26. The molecule has 1 aliphatic rings. The lowest BCUT2D eigenvalue weighted by Gasteiger charge is -2.28. The van der Waals surface area contributed by atoms with Crippen molar-refractivity contribution in [2.75, 3.05) is 44.3 Å². The highest BCUT2D eigenvalue weighted by molar-refractivity contribution is 5.50. The Labute approximate surface area is 149 Å². The van der Waals surface area contributed by atoms with Gasteiger partial charge in [0, 0.05) is 30.9 Å². The van der Waals surface area contributed by atoms with Gasteiger partial charge in [0.05, 0.1) is 19.8 Å². The third-order valence-electron chi connectivity index (χ3n) is 4.22. The molecule has 4 heteroatoms. The second-order valence-corrected chi connectivity index (χ2v) is 6.04. The number of aromatic hydroxyl groups is 1. The van der Waals surface area contributed by atoms with Gasteiger partial charge in [-0.2, -0.15) is 0 Å². The van der Waals surface area contributed by atoms with Gasteiger partial charge in [0.1, 0.15) is 5.75 Å². The van der Waals surface area contributed by atoms with E-state index in [0.29, 0.717) is 12.3 Å². The maximum Gasteiger partial charge on any atom is 0.115 e. The Bertz CT molecular complexity index is 708. The number of ether oxygens (including phenoxy) is 1. The molecule has 0 aromatic heterocycles. The predicted octanol–water partition coefficient (Wildman–Crippen LogP) is 2.41. The van der Waals surface area contributed by atoms with E-state index in [4.69, 9.17) is 4.74 Å². The van der Waals surface area contributed by atoms with E-state index in [0.717, 1.165) is 44.8 Å². The molecule has 0 bridgehead atoms. The molecule has 3 rings (SSSR count). The molecule has 2 aromatic rings. The molecule has 2 aromatic carbocycles. The molecule has 130 valence electrons. The fourth-order valence-corrected chi connectivity index (χ4v) is 2.77. The SMILES string of the molecule is Oc1ccc(CCNCC#Cc2ccc(N3CCOCC3)cc2)cc1. The Morgan fingerprint density at radius 2 is 1.72 bits per heavy atom. The topological polar surface area (TPSA) is 44.7 Å². The van der Waals surface area contributed by atoms with Crippen molar-refractivity contribution in [3.63, 3.8) is 0 Å². The standard InChI is InChI=1S/C21H24N2O2/c24-21-9-5-19(6-10-21)11-13-22-12-1-2-18-3-7-20(8-4-18)23-14-16-25-17-15-23/h3-10,22,24H,11-17H2. The van der Waals surface area contributed by atoms with E-state index >= 15 is 0 Å². The summed E-state index contributed by atoms with van der Waals surface area (Å²) in [5.41, 5.74) is 3.48. The first kappa shape index (κ1) is 17.3. The molecule has 1 fully saturated rings. The molecule has 0 aliphatic carbocycles. The first-order chi connectivity index (χ1) is 12.3. The van der Waals surface area contributed by atoms with Crippen LogP contribution in [0.15, 0.2) is 48.5 Å². The first-order valence-corrected chi connectivity index (χ1v) is 8.71. The van der Waals surface area contributed by atoms with Gasteiger partial charge in [0.2, 0.25) is 0 Å². The molecule has 1 aliphatic heterocycles. The molecule has 0 amide bonds. The molecule has 25 heavy (non-hydrogen) atoms. The summed E-state index contributed by atoms with van der Waals surface area (Å²) >= 11 is 0. The molecule has 0 saturated carbocycles. The quantitative estimate of drug-likeness (QED) is 0.650. The van der Waals surface area contributed by atoms with Crippen molar-refractivity contribution in [1.29, 1.82) is 0 Å². The fourth-order valence-electron chi connectivity index (χ4n) is 2.77. The highest BCUT2D eigenvalue weighted by atomic mass is 16.5. The fraction of sp³-hybridized carbons (Fsp3) is 0.333. The molecule has 1 heterocycles. The molecule has 4 nitrogen and oxygen atoms in total. The van der Waals surface area contributed by atoms with Crippen molar-refractivity contribution in [2.24, 2.45) is 0 Å². The number of hydrogen-bond donors (Lipinski definition) is 2. The van der Waals surface area contributed by atoms with Crippen molar-refractivity contribution in [3.8, 4) is 17.6 Å². The summed E-state index contributed by atoms with van der Waals surface area (Å²) in [6, 6.07) is 15.7. The zero-order valence-electron chi connectivity index (χ0n) is 14.4. The molecule has 0 spiro atoms. The summed E-state index contributed by atoms with van der Waals surface area (Å²) in [6.45, 7) is 5.05. The maximum absolute atomic E-state index is 9.26. The van der Waals surface area contributed by atoms with E-state index in [1.54, 1.807) is 12.1 Å². The molecular formula is C21H24N2O2. The van der Waals surface area contributed by atoms with Gasteiger partial charge in [-0.15, -0.1) is 0 Å². The van der Waals surface area contributed by atoms with E-state index in [9.17, 15) is 5.11 Å². The van der Waals surface area contributed by atoms with E-state index < -0.39 is 0 Å². The number of benzene rings is 2. The number of nitrogens with one attached hydrogen (secondary N) is 1. The van der Waals surface area contributed by atoms with E-state index in [1.807, 2.05) is 12.1 Å². The smallest absolute Gasteiger partial charge is 0.115 e. The highest BCUT2D eigenvalue weighted by Gasteiger charge is 2.10. The normalized spacial score (nSPS) is 14.0. The molecule has 0 atom stereocenters. The minimum absolute atomic E-state index is 0.308. The Balaban J connectivity index is 1.40. The number of morpholine rings is 1. The van der Waals surface area contributed by atoms with Crippen molar-refractivity contribution in [1.82, 2.24) is 5.32 Å². The van der Waals surface area contributed by atoms with Gasteiger partial charge in [-0.05, 0) is 48.4 Å². The monoisotopic (exact) mass is 336 g/mol. The number of anilines is 1. The zero-order valence-corrected chi connectivity index (χ0v) is 14.4. The first-order valence-electron chi connectivity index (χ1n) is 8.71. The number of phenols is 1. The molecule has 0 radical (unpaired) electrons. The van der Waals surface area contributed by atoms with Crippen molar-refractivity contribution < 1.29 is 9.84 Å². The third-order valence-corrected chi connectivity index (χ3v) is 4.22. The van der Waals surface area contributed by atoms with Gasteiger partial charge in [0.15, 0.2) is 0 Å².